The molecular weight excluding hydrogens is 743 g/mol. The zero-order valence-electron chi connectivity index (χ0n) is 39.6. The molecule has 0 aromatic heterocycles. The number of allylic oxidation sites excluding steroid dienone is 10. The van der Waals surface area contributed by atoms with Crippen molar-refractivity contribution in [2.24, 2.45) is 0 Å². The van der Waals surface area contributed by atoms with E-state index >= 15 is 0 Å². The van der Waals surface area contributed by atoms with Crippen molar-refractivity contribution in [3.63, 3.8) is 0 Å². The van der Waals surface area contributed by atoms with Gasteiger partial charge in [0.2, 0.25) is 5.91 Å². The van der Waals surface area contributed by atoms with Gasteiger partial charge >= 0.3 is 5.97 Å². The van der Waals surface area contributed by atoms with Crippen LogP contribution in [0.5, 0.6) is 0 Å². The molecule has 0 radical (unpaired) electrons. The molecule has 0 fully saturated rings. The Morgan fingerprint density at radius 1 is 0.500 bits per heavy atom. The third-order valence-electron chi connectivity index (χ3n) is 11.3. The van der Waals surface area contributed by atoms with Gasteiger partial charge in [-0.1, -0.05) is 216 Å². The van der Waals surface area contributed by atoms with Crippen molar-refractivity contribution in [2.45, 2.75) is 264 Å². The second kappa shape index (κ2) is 47.6. The fourth-order valence-corrected chi connectivity index (χ4v) is 7.50. The van der Waals surface area contributed by atoms with E-state index in [2.05, 4.69) is 80.8 Å². The fourth-order valence-electron chi connectivity index (χ4n) is 7.50. The monoisotopic (exact) mass is 840 g/mol. The molecule has 0 bridgehead atoms. The van der Waals surface area contributed by atoms with E-state index in [1.165, 1.54) is 109 Å². The zero-order valence-corrected chi connectivity index (χ0v) is 39.6. The molecule has 6 nitrogen and oxygen atoms in total. The van der Waals surface area contributed by atoms with E-state index in [0.717, 1.165) is 83.5 Å². The molecule has 0 aliphatic heterocycles. The van der Waals surface area contributed by atoms with Crippen molar-refractivity contribution in [2.75, 3.05) is 6.61 Å². The molecule has 60 heavy (non-hydrogen) atoms. The number of amides is 1. The Balaban J connectivity index is 4.67. The van der Waals surface area contributed by atoms with Crippen molar-refractivity contribution in [1.29, 1.82) is 0 Å². The molecule has 0 saturated heterocycles. The Labute approximate surface area is 371 Å². The van der Waals surface area contributed by atoms with Crippen LogP contribution in [-0.2, 0) is 14.3 Å². The van der Waals surface area contributed by atoms with Gasteiger partial charge in [-0.15, -0.1) is 0 Å². The number of hydrogen-bond donors (Lipinski definition) is 3. The van der Waals surface area contributed by atoms with Gasteiger partial charge in [0.15, 0.2) is 0 Å². The minimum atomic E-state index is -0.803. The van der Waals surface area contributed by atoms with Crippen molar-refractivity contribution in [3.8, 4) is 0 Å². The molecule has 0 heterocycles. The van der Waals surface area contributed by atoms with Crippen molar-refractivity contribution < 1.29 is 24.5 Å². The van der Waals surface area contributed by atoms with Crippen LogP contribution in [0, 0.1) is 0 Å². The van der Waals surface area contributed by atoms with Crippen LogP contribution in [-0.4, -0.2) is 46.9 Å². The number of unbranched alkanes of at least 4 members (excludes halogenated alkanes) is 23. The second-order valence-corrected chi connectivity index (χ2v) is 17.2. The number of hydrogen-bond acceptors (Lipinski definition) is 5. The van der Waals surface area contributed by atoms with Gasteiger partial charge in [-0.2, -0.15) is 0 Å². The van der Waals surface area contributed by atoms with Crippen LogP contribution in [0.4, 0.5) is 0 Å². The normalized spacial score (nSPS) is 13.8. The SMILES string of the molecule is CC/C=C/C/C=C/C/C=C/CCCCCCC(CC(=O)NC(CO)C(O)CCCCCCCCCCCCCCCC)OC(=O)CC/C=C/C/C=C\CCCCCCCC. The first kappa shape index (κ1) is 57.6. The molecule has 0 saturated carbocycles. The molecule has 3 unspecified atom stereocenters. The minimum absolute atomic E-state index is 0.0392. The lowest BCUT2D eigenvalue weighted by molar-refractivity contribution is -0.150. The van der Waals surface area contributed by atoms with Crippen LogP contribution in [0.15, 0.2) is 60.8 Å². The van der Waals surface area contributed by atoms with Gasteiger partial charge in [0, 0.05) is 6.42 Å². The summed E-state index contributed by atoms with van der Waals surface area (Å²) in [7, 11) is 0. The second-order valence-electron chi connectivity index (χ2n) is 17.2. The van der Waals surface area contributed by atoms with Crippen LogP contribution in [0.3, 0.4) is 0 Å². The highest BCUT2D eigenvalue weighted by atomic mass is 16.5. The molecule has 0 aliphatic rings. The highest BCUT2D eigenvalue weighted by molar-refractivity contribution is 5.77. The molecule has 0 aliphatic carbocycles. The highest BCUT2D eigenvalue weighted by Crippen LogP contribution is 2.17. The Kier molecular flexibility index (Phi) is 45.7. The number of rotatable bonds is 45. The molecule has 0 aromatic carbocycles. The summed E-state index contributed by atoms with van der Waals surface area (Å²) < 4.78 is 5.88. The fraction of sp³-hybridized carbons (Fsp3) is 0.778. The lowest BCUT2D eigenvalue weighted by Crippen LogP contribution is -2.46. The standard InChI is InChI=1S/C54H97NO5/c1-4-7-10-13-16-19-22-25-28-30-33-36-39-42-45-50(60-54(59)47-44-41-38-35-32-27-24-21-18-15-12-9-6-3)48-53(58)55-51(49-56)52(57)46-43-40-37-34-31-29-26-23-20-17-14-11-8-5-2/h7,10,16,19,25,27-28,32,38,41,50-52,56-57H,4-6,8-9,11-15,17-18,20-24,26,29-31,33-37,39-40,42-49H2,1-3H3,(H,55,58)/b10-7+,19-16+,28-25+,32-27-,41-38+. The van der Waals surface area contributed by atoms with Gasteiger partial charge in [0.25, 0.3) is 0 Å². The van der Waals surface area contributed by atoms with Gasteiger partial charge in [-0.3, -0.25) is 9.59 Å². The van der Waals surface area contributed by atoms with E-state index in [-0.39, 0.29) is 31.3 Å². The number of ether oxygens (including phenoxy) is 1. The van der Waals surface area contributed by atoms with Gasteiger partial charge in [0.05, 0.1) is 25.2 Å². The van der Waals surface area contributed by atoms with Crippen LogP contribution in [0.25, 0.3) is 0 Å². The summed E-state index contributed by atoms with van der Waals surface area (Å²) in [6.07, 6.45) is 58.6. The van der Waals surface area contributed by atoms with Crippen LogP contribution < -0.4 is 5.32 Å². The van der Waals surface area contributed by atoms with Crippen molar-refractivity contribution in [3.05, 3.63) is 60.8 Å². The summed E-state index contributed by atoms with van der Waals surface area (Å²) in [6, 6.07) is -0.720. The summed E-state index contributed by atoms with van der Waals surface area (Å²) in [4.78, 5) is 26.1. The maximum absolute atomic E-state index is 13.2. The summed E-state index contributed by atoms with van der Waals surface area (Å²) in [5.41, 5.74) is 0. The first-order valence-electron chi connectivity index (χ1n) is 25.5. The van der Waals surface area contributed by atoms with E-state index in [4.69, 9.17) is 4.74 Å². The molecule has 0 spiro atoms. The summed E-state index contributed by atoms with van der Waals surface area (Å²) >= 11 is 0. The topological polar surface area (TPSA) is 95.9 Å². The number of aliphatic hydroxyl groups is 2. The Hall–Kier alpha value is -2.44. The molecule has 1 amide bonds. The number of nitrogens with one attached hydrogen (secondary N) is 1. The van der Waals surface area contributed by atoms with E-state index < -0.39 is 18.2 Å². The molecule has 0 rings (SSSR count). The van der Waals surface area contributed by atoms with Crippen LogP contribution in [0.2, 0.25) is 0 Å². The maximum atomic E-state index is 13.2. The van der Waals surface area contributed by atoms with E-state index in [0.29, 0.717) is 19.3 Å². The largest absolute Gasteiger partial charge is 0.462 e. The quantitative estimate of drug-likeness (QED) is 0.0322. The maximum Gasteiger partial charge on any atom is 0.306 e. The van der Waals surface area contributed by atoms with Gasteiger partial charge < -0.3 is 20.3 Å². The Bertz CT molecular complexity index is 1080. The number of carbonyl (C=O) groups excluding carboxylic acids is 2. The molecule has 0 aromatic rings. The molecular formula is C54H97NO5. The van der Waals surface area contributed by atoms with Crippen LogP contribution >= 0.6 is 0 Å². The zero-order chi connectivity index (χ0) is 43.8. The summed E-state index contributed by atoms with van der Waals surface area (Å²) in [5, 5.41) is 23.7. The van der Waals surface area contributed by atoms with E-state index in [9.17, 15) is 19.8 Å². The van der Waals surface area contributed by atoms with E-state index in [1.54, 1.807) is 0 Å². The Morgan fingerprint density at radius 3 is 1.37 bits per heavy atom. The molecule has 6 heteroatoms. The van der Waals surface area contributed by atoms with Gasteiger partial charge in [0.1, 0.15) is 6.10 Å². The summed E-state index contributed by atoms with van der Waals surface area (Å²) in [5.74, 6) is -0.576. The molecule has 348 valence electrons. The average molecular weight is 840 g/mol. The number of aliphatic hydroxyl groups excluding tert-OH is 2. The smallest absolute Gasteiger partial charge is 0.306 e. The predicted octanol–water partition coefficient (Wildman–Crippen LogP) is 15.2. The van der Waals surface area contributed by atoms with Gasteiger partial charge in [-0.05, 0) is 77.0 Å². The lowest BCUT2D eigenvalue weighted by atomic mass is 10.0. The lowest BCUT2D eigenvalue weighted by Gasteiger charge is -2.24. The first-order chi connectivity index (χ1) is 29.5. The van der Waals surface area contributed by atoms with Crippen molar-refractivity contribution in [1.82, 2.24) is 5.32 Å². The predicted molar refractivity (Wildman–Crippen MR) is 259 cm³/mol. The van der Waals surface area contributed by atoms with Crippen LogP contribution in [0.1, 0.15) is 245 Å². The third-order valence-corrected chi connectivity index (χ3v) is 11.3. The third kappa shape index (κ3) is 42.3. The number of esters is 1. The first-order valence-corrected chi connectivity index (χ1v) is 25.5. The highest BCUT2D eigenvalue weighted by Gasteiger charge is 2.24. The number of carbonyl (C=O) groups is 2. The molecule has 3 atom stereocenters. The van der Waals surface area contributed by atoms with Gasteiger partial charge in [-0.25, -0.2) is 0 Å². The van der Waals surface area contributed by atoms with E-state index in [1.807, 2.05) is 6.08 Å². The minimum Gasteiger partial charge on any atom is -0.462 e. The summed E-state index contributed by atoms with van der Waals surface area (Å²) in [6.45, 7) is 6.34. The van der Waals surface area contributed by atoms with Crippen molar-refractivity contribution >= 4 is 11.9 Å². The average Bonchev–Trinajstić information content (AvgIpc) is 3.24. The Morgan fingerprint density at radius 2 is 0.900 bits per heavy atom. The molecule has 3 N–H and O–H groups in total.